The van der Waals surface area contributed by atoms with Gasteiger partial charge in [-0.2, -0.15) is 5.10 Å². The second-order valence-electron chi connectivity index (χ2n) is 6.52. The van der Waals surface area contributed by atoms with Crippen molar-refractivity contribution >= 4 is 11.6 Å². The van der Waals surface area contributed by atoms with Gasteiger partial charge >= 0.3 is 0 Å². The molecule has 2 unspecified atom stereocenters. The lowest BCUT2D eigenvalue weighted by Gasteiger charge is -2.28. The molecular weight excluding hydrogens is 366 g/mol. The minimum absolute atomic E-state index is 0.00866. The first-order valence-corrected chi connectivity index (χ1v) is 9.13. The van der Waals surface area contributed by atoms with Gasteiger partial charge in [0.25, 0.3) is 0 Å². The molecule has 1 fully saturated rings. The summed E-state index contributed by atoms with van der Waals surface area (Å²) in [6.07, 6.45) is 3.16. The second-order valence-corrected chi connectivity index (χ2v) is 6.96. The molecule has 1 aromatic heterocycles. The first-order chi connectivity index (χ1) is 13.1. The van der Waals surface area contributed by atoms with Crippen LogP contribution in [0.5, 0.6) is 5.75 Å². The van der Waals surface area contributed by atoms with E-state index in [4.69, 9.17) is 25.8 Å². The largest absolute Gasteiger partial charge is 0.489 e. The molecule has 0 bridgehead atoms. The summed E-state index contributed by atoms with van der Waals surface area (Å²) < 4.78 is 19.7. The van der Waals surface area contributed by atoms with Crippen LogP contribution in [-0.2, 0) is 28.4 Å². The van der Waals surface area contributed by atoms with Crippen molar-refractivity contribution in [2.75, 3.05) is 6.61 Å². The Bertz CT molecular complexity index is 869. The minimum Gasteiger partial charge on any atom is -0.489 e. The number of nitrogens with zero attached hydrogens (tertiary/aromatic N) is 3. The average Bonchev–Trinajstić information content (AvgIpc) is 3.32. The van der Waals surface area contributed by atoms with Crippen molar-refractivity contribution in [3.63, 3.8) is 0 Å². The summed E-state index contributed by atoms with van der Waals surface area (Å²) in [6.45, 7) is 3.43. The van der Waals surface area contributed by atoms with Crippen LogP contribution >= 0.6 is 11.6 Å². The highest BCUT2D eigenvalue weighted by atomic mass is 35.5. The molecule has 2 heterocycles. The van der Waals surface area contributed by atoms with E-state index in [1.807, 2.05) is 55.5 Å². The summed E-state index contributed by atoms with van der Waals surface area (Å²) in [7, 11) is 0. The Morgan fingerprint density at radius 2 is 1.96 bits per heavy atom. The number of hydrogen-bond donors (Lipinski definition) is 0. The lowest BCUT2D eigenvalue weighted by atomic mass is 10.1. The molecule has 1 aliphatic heterocycles. The molecule has 1 saturated heterocycles. The topological polar surface area (TPSA) is 58.4 Å². The minimum atomic E-state index is -0.873. The van der Waals surface area contributed by atoms with E-state index in [0.717, 1.165) is 16.9 Å². The highest BCUT2D eigenvalue weighted by molar-refractivity contribution is 6.30. The Labute approximate surface area is 162 Å². The van der Waals surface area contributed by atoms with E-state index >= 15 is 0 Å². The van der Waals surface area contributed by atoms with Gasteiger partial charge < -0.3 is 14.2 Å². The van der Waals surface area contributed by atoms with Crippen molar-refractivity contribution in [1.29, 1.82) is 0 Å². The molecule has 1 aliphatic rings. The van der Waals surface area contributed by atoms with Gasteiger partial charge in [-0.05, 0) is 48.9 Å². The van der Waals surface area contributed by atoms with Gasteiger partial charge in [0.15, 0.2) is 0 Å². The fraction of sp³-hybridized carbons (Fsp3) is 0.300. The van der Waals surface area contributed by atoms with E-state index in [9.17, 15) is 0 Å². The SMILES string of the molecule is CC1COC(Cn2cncn2)(c2ccc(OCc3ccc(Cl)cc3)cc2)O1. The molecule has 0 saturated carbocycles. The third kappa shape index (κ3) is 4.13. The summed E-state index contributed by atoms with van der Waals surface area (Å²) >= 11 is 5.91. The van der Waals surface area contributed by atoms with E-state index in [1.54, 1.807) is 11.0 Å². The Morgan fingerprint density at radius 3 is 2.59 bits per heavy atom. The molecule has 4 rings (SSSR count). The zero-order chi connectivity index (χ0) is 18.7. The van der Waals surface area contributed by atoms with Crippen LogP contribution in [0.1, 0.15) is 18.1 Å². The van der Waals surface area contributed by atoms with Crippen LogP contribution in [0.15, 0.2) is 61.2 Å². The monoisotopic (exact) mass is 385 g/mol. The molecule has 0 spiro atoms. The first kappa shape index (κ1) is 18.0. The first-order valence-electron chi connectivity index (χ1n) is 8.75. The molecule has 0 radical (unpaired) electrons. The number of benzene rings is 2. The van der Waals surface area contributed by atoms with Gasteiger partial charge in [-0.3, -0.25) is 0 Å². The molecule has 7 heteroatoms. The second kappa shape index (κ2) is 7.68. The number of aromatic nitrogens is 3. The van der Waals surface area contributed by atoms with Crippen LogP contribution in [0, 0.1) is 0 Å². The van der Waals surface area contributed by atoms with Gasteiger partial charge in [-0.15, -0.1) is 0 Å². The molecule has 0 aliphatic carbocycles. The molecule has 0 N–H and O–H groups in total. The zero-order valence-electron chi connectivity index (χ0n) is 14.9. The summed E-state index contributed by atoms with van der Waals surface area (Å²) in [5.74, 6) is -0.0994. The molecular formula is C20H20ClN3O3. The van der Waals surface area contributed by atoms with Crippen LogP contribution in [0.4, 0.5) is 0 Å². The Hall–Kier alpha value is -2.41. The van der Waals surface area contributed by atoms with Gasteiger partial charge in [-0.1, -0.05) is 23.7 Å². The van der Waals surface area contributed by atoms with E-state index in [-0.39, 0.29) is 6.10 Å². The number of hydrogen-bond acceptors (Lipinski definition) is 5. The number of rotatable bonds is 6. The fourth-order valence-corrected chi connectivity index (χ4v) is 3.18. The Morgan fingerprint density at radius 1 is 1.19 bits per heavy atom. The van der Waals surface area contributed by atoms with Gasteiger partial charge in [0.2, 0.25) is 5.79 Å². The average molecular weight is 386 g/mol. The summed E-state index contributed by atoms with van der Waals surface area (Å²) in [6, 6.07) is 15.4. The third-order valence-corrected chi connectivity index (χ3v) is 4.64. The van der Waals surface area contributed by atoms with Crippen LogP contribution in [-0.4, -0.2) is 27.5 Å². The standard InChI is InChI=1S/C20H20ClN3O3/c1-15-10-26-20(27-15,12-24-14-22-13-23-24)17-4-8-19(9-5-17)25-11-16-2-6-18(21)7-3-16/h2-9,13-15H,10-12H2,1H3. The highest BCUT2D eigenvalue weighted by Crippen LogP contribution is 2.36. The Balaban J connectivity index is 1.48. The van der Waals surface area contributed by atoms with Crippen LogP contribution in [0.25, 0.3) is 0 Å². The molecule has 6 nitrogen and oxygen atoms in total. The highest BCUT2D eigenvalue weighted by Gasteiger charge is 2.42. The maximum Gasteiger partial charge on any atom is 0.215 e. The molecule has 27 heavy (non-hydrogen) atoms. The summed E-state index contributed by atoms with van der Waals surface area (Å²) in [4.78, 5) is 3.99. The van der Waals surface area contributed by atoms with Gasteiger partial charge in [0.1, 0.15) is 31.6 Å². The van der Waals surface area contributed by atoms with Gasteiger partial charge in [0, 0.05) is 10.6 Å². The molecule has 3 aromatic rings. The number of halogens is 1. The number of ether oxygens (including phenoxy) is 3. The quantitative estimate of drug-likeness (QED) is 0.646. The van der Waals surface area contributed by atoms with Crippen molar-refractivity contribution in [3.8, 4) is 5.75 Å². The maximum absolute atomic E-state index is 6.12. The molecule has 2 aromatic carbocycles. The Kier molecular flexibility index (Phi) is 5.11. The van der Waals surface area contributed by atoms with Crippen LogP contribution in [0.2, 0.25) is 5.02 Å². The molecule has 2 atom stereocenters. The third-order valence-electron chi connectivity index (χ3n) is 4.39. The maximum atomic E-state index is 6.12. The lowest BCUT2D eigenvalue weighted by Crippen LogP contribution is -2.33. The smallest absolute Gasteiger partial charge is 0.215 e. The summed E-state index contributed by atoms with van der Waals surface area (Å²) in [5, 5.41) is 4.89. The van der Waals surface area contributed by atoms with E-state index in [0.29, 0.717) is 24.8 Å². The van der Waals surface area contributed by atoms with E-state index < -0.39 is 5.79 Å². The summed E-state index contributed by atoms with van der Waals surface area (Å²) in [5.41, 5.74) is 1.98. The fourth-order valence-electron chi connectivity index (χ4n) is 3.05. The van der Waals surface area contributed by atoms with Gasteiger partial charge in [-0.25, -0.2) is 9.67 Å². The predicted octanol–water partition coefficient (Wildman–Crippen LogP) is 3.80. The van der Waals surface area contributed by atoms with E-state index in [2.05, 4.69) is 10.1 Å². The van der Waals surface area contributed by atoms with Crippen LogP contribution < -0.4 is 4.74 Å². The lowest BCUT2D eigenvalue weighted by molar-refractivity contribution is -0.186. The van der Waals surface area contributed by atoms with Crippen molar-refractivity contribution in [1.82, 2.24) is 14.8 Å². The van der Waals surface area contributed by atoms with Crippen molar-refractivity contribution < 1.29 is 14.2 Å². The molecule has 0 amide bonds. The van der Waals surface area contributed by atoms with Crippen molar-refractivity contribution in [3.05, 3.63) is 77.3 Å². The van der Waals surface area contributed by atoms with Gasteiger partial charge in [0.05, 0.1) is 12.7 Å². The van der Waals surface area contributed by atoms with Crippen LogP contribution in [0.3, 0.4) is 0 Å². The molecule has 140 valence electrons. The normalized spacial score (nSPS) is 22.1. The van der Waals surface area contributed by atoms with E-state index in [1.165, 1.54) is 6.33 Å². The zero-order valence-corrected chi connectivity index (χ0v) is 15.7. The van der Waals surface area contributed by atoms with Crippen molar-refractivity contribution in [2.24, 2.45) is 0 Å². The predicted molar refractivity (Wildman–Crippen MR) is 100 cm³/mol. The van der Waals surface area contributed by atoms with Crippen molar-refractivity contribution in [2.45, 2.75) is 32.0 Å².